The van der Waals surface area contributed by atoms with Gasteiger partial charge in [-0.3, -0.25) is 10.2 Å². The Morgan fingerprint density at radius 2 is 1.70 bits per heavy atom. The van der Waals surface area contributed by atoms with Gasteiger partial charge in [0.2, 0.25) is 5.17 Å². The molecule has 0 saturated carbocycles. The molecular formula is C30H25N5O4S. The van der Waals surface area contributed by atoms with Crippen LogP contribution < -0.4 is 14.2 Å². The molecule has 0 unspecified atom stereocenters. The number of hydrogen-bond acceptors (Lipinski definition) is 7. The fourth-order valence-corrected chi connectivity index (χ4v) is 5.27. The first kappa shape index (κ1) is 25.4. The highest BCUT2D eigenvalue weighted by Gasteiger charge is 2.36. The predicted octanol–water partition coefficient (Wildman–Crippen LogP) is 5.43. The number of ether oxygens (including phenoxy) is 3. The summed E-state index contributed by atoms with van der Waals surface area (Å²) in [5.74, 6) is 1.58. The highest BCUT2D eigenvalue weighted by molar-refractivity contribution is 8.27. The molecule has 0 radical (unpaired) electrons. The van der Waals surface area contributed by atoms with E-state index in [2.05, 4.69) is 14.7 Å². The molecule has 0 atom stereocenters. The lowest BCUT2D eigenvalue weighted by Crippen LogP contribution is -2.35. The van der Waals surface area contributed by atoms with Gasteiger partial charge in [0.25, 0.3) is 5.91 Å². The number of aromatic nitrogens is 1. The fraction of sp³-hybridized carbons (Fsp3) is 0.133. The molecule has 200 valence electrons. The number of fused-ring (bicyclic) bond motifs is 2. The van der Waals surface area contributed by atoms with E-state index in [-0.39, 0.29) is 18.0 Å². The summed E-state index contributed by atoms with van der Waals surface area (Å²) in [5, 5.41) is 16.6. The Balaban J connectivity index is 1.22. The van der Waals surface area contributed by atoms with Crippen molar-refractivity contribution in [3.63, 3.8) is 0 Å². The van der Waals surface area contributed by atoms with Crippen molar-refractivity contribution < 1.29 is 19.0 Å². The third-order valence-electron chi connectivity index (χ3n) is 6.38. The first-order valence-electron chi connectivity index (χ1n) is 12.6. The van der Waals surface area contributed by atoms with Gasteiger partial charge in [0.1, 0.15) is 24.0 Å². The summed E-state index contributed by atoms with van der Waals surface area (Å²) in [7, 11) is 1.62. The lowest BCUT2D eigenvalue weighted by molar-refractivity contribution is -0.114. The maximum Gasteiger partial charge on any atom is 0.283 e. The maximum atomic E-state index is 13.0. The summed E-state index contributed by atoms with van der Waals surface area (Å²) >= 11 is 1.23. The minimum absolute atomic E-state index is 0.0199. The van der Waals surface area contributed by atoms with Gasteiger partial charge in [-0.1, -0.05) is 48.5 Å². The van der Waals surface area contributed by atoms with E-state index in [1.54, 1.807) is 13.2 Å². The van der Waals surface area contributed by atoms with Crippen molar-refractivity contribution in [1.29, 1.82) is 5.41 Å². The normalized spacial score (nSPS) is 15.7. The molecule has 2 aliphatic rings. The van der Waals surface area contributed by atoms with Gasteiger partial charge >= 0.3 is 0 Å². The number of carbonyl (C=O) groups excluding carboxylic acids is 1. The Labute approximate surface area is 234 Å². The summed E-state index contributed by atoms with van der Waals surface area (Å²) in [4.78, 5) is 17.2. The number of amidine groups is 2. The molecule has 1 aromatic heterocycles. The number of thioether (sulfide) groups is 1. The molecule has 0 bridgehead atoms. The average Bonchev–Trinajstić information content (AvgIpc) is 3.56. The number of rotatable bonds is 9. The largest absolute Gasteiger partial charge is 0.493 e. The number of nitrogens with zero attached hydrogens (tertiary/aromatic N) is 4. The van der Waals surface area contributed by atoms with Crippen LogP contribution >= 0.6 is 11.8 Å². The highest BCUT2D eigenvalue weighted by atomic mass is 32.2. The smallest absolute Gasteiger partial charge is 0.283 e. The van der Waals surface area contributed by atoms with Crippen LogP contribution in [0.25, 0.3) is 17.0 Å². The Morgan fingerprint density at radius 1 is 0.950 bits per heavy atom. The molecule has 1 N–H and O–H groups in total. The number of amides is 1. The SMILES string of the molecule is COc1ccccc1OCCn1cc(C=C2C(=N)N3N=C(COc4ccccc4)SC3=NC2=O)c2ccccc21. The number of hydrogen-bond donors (Lipinski definition) is 1. The van der Waals surface area contributed by atoms with E-state index in [4.69, 9.17) is 19.6 Å². The molecule has 9 nitrogen and oxygen atoms in total. The minimum atomic E-state index is -0.472. The topological polar surface area (TPSA) is 102 Å². The molecule has 3 aromatic carbocycles. The summed E-state index contributed by atoms with van der Waals surface area (Å²) in [6.45, 7) is 1.22. The maximum absolute atomic E-state index is 13.0. The number of carbonyl (C=O) groups is 1. The van der Waals surface area contributed by atoms with Crippen molar-refractivity contribution in [2.45, 2.75) is 6.54 Å². The van der Waals surface area contributed by atoms with Gasteiger partial charge in [0.05, 0.1) is 19.2 Å². The van der Waals surface area contributed by atoms with Gasteiger partial charge in [-0.2, -0.15) is 15.1 Å². The number of aliphatic imine (C=N–C) groups is 1. The lowest BCUT2D eigenvalue weighted by atomic mass is 10.1. The Hall–Kier alpha value is -4.83. The van der Waals surface area contributed by atoms with Crippen LogP contribution in [-0.2, 0) is 11.3 Å². The first-order chi connectivity index (χ1) is 19.6. The summed E-state index contributed by atoms with van der Waals surface area (Å²) in [6.07, 6.45) is 3.67. The van der Waals surface area contributed by atoms with E-state index in [0.717, 1.165) is 16.5 Å². The molecule has 2 aliphatic heterocycles. The molecule has 0 spiro atoms. The number of nitrogens with one attached hydrogen (secondary N) is 1. The van der Waals surface area contributed by atoms with Gasteiger partial charge in [0, 0.05) is 22.7 Å². The van der Waals surface area contributed by atoms with Gasteiger partial charge in [-0.15, -0.1) is 0 Å². The van der Waals surface area contributed by atoms with Crippen LogP contribution in [0, 0.1) is 5.41 Å². The zero-order valence-corrected chi connectivity index (χ0v) is 22.4. The summed E-state index contributed by atoms with van der Waals surface area (Å²) in [5.41, 5.74) is 1.97. The Bertz CT molecular complexity index is 1690. The van der Waals surface area contributed by atoms with E-state index in [9.17, 15) is 4.79 Å². The van der Waals surface area contributed by atoms with Gasteiger partial charge in [0.15, 0.2) is 17.3 Å². The third-order valence-corrected chi connectivity index (χ3v) is 7.26. The molecule has 0 fully saturated rings. The van der Waals surface area contributed by atoms with Crippen LogP contribution in [0.1, 0.15) is 5.56 Å². The number of methoxy groups -OCH3 is 1. The second kappa shape index (κ2) is 11.1. The van der Waals surface area contributed by atoms with Crippen LogP contribution in [0.5, 0.6) is 17.2 Å². The average molecular weight is 552 g/mol. The van der Waals surface area contributed by atoms with E-state index in [1.165, 1.54) is 16.8 Å². The molecule has 6 rings (SSSR count). The molecule has 1 amide bonds. The minimum Gasteiger partial charge on any atom is -0.493 e. The molecule has 3 heterocycles. The van der Waals surface area contributed by atoms with Crippen molar-refractivity contribution in [2.24, 2.45) is 10.1 Å². The van der Waals surface area contributed by atoms with Gasteiger partial charge in [-0.25, -0.2) is 0 Å². The van der Waals surface area contributed by atoms with E-state index in [0.29, 0.717) is 40.6 Å². The molecule has 40 heavy (non-hydrogen) atoms. The fourth-order valence-electron chi connectivity index (χ4n) is 4.47. The second-order valence-electron chi connectivity index (χ2n) is 8.91. The standard InChI is InChI=1S/C30H25N5O4S/c1-37-25-13-7-8-14-26(25)38-16-15-34-18-20(22-11-5-6-12-24(22)34)17-23-28(31)35-30(32-29(23)36)40-27(33-35)19-39-21-9-3-2-4-10-21/h2-14,17-18,31H,15-16,19H2,1H3. The lowest BCUT2D eigenvalue weighted by Gasteiger charge is -2.20. The van der Waals surface area contributed by atoms with Crippen molar-refractivity contribution in [3.8, 4) is 17.2 Å². The Morgan fingerprint density at radius 3 is 2.52 bits per heavy atom. The summed E-state index contributed by atoms with van der Waals surface area (Å²) < 4.78 is 19.2. The van der Waals surface area contributed by atoms with Crippen LogP contribution in [0.4, 0.5) is 0 Å². The van der Waals surface area contributed by atoms with Crippen LogP contribution in [0.2, 0.25) is 0 Å². The number of benzene rings is 3. The number of hydrazone groups is 1. The van der Waals surface area contributed by atoms with Crippen LogP contribution in [-0.4, -0.2) is 51.9 Å². The molecule has 0 aliphatic carbocycles. The van der Waals surface area contributed by atoms with Crippen LogP contribution in [0.3, 0.4) is 0 Å². The molecule has 10 heteroatoms. The van der Waals surface area contributed by atoms with E-state index in [1.807, 2.05) is 85.1 Å². The predicted molar refractivity (Wildman–Crippen MR) is 157 cm³/mol. The monoisotopic (exact) mass is 551 g/mol. The highest BCUT2D eigenvalue weighted by Crippen LogP contribution is 2.31. The van der Waals surface area contributed by atoms with Crippen molar-refractivity contribution in [1.82, 2.24) is 9.58 Å². The van der Waals surface area contributed by atoms with Crippen molar-refractivity contribution >= 4 is 50.7 Å². The Kier molecular flexibility index (Phi) is 7.07. The van der Waals surface area contributed by atoms with Crippen molar-refractivity contribution in [2.75, 3.05) is 20.3 Å². The number of para-hydroxylation sites is 4. The van der Waals surface area contributed by atoms with Crippen molar-refractivity contribution in [3.05, 3.63) is 96.2 Å². The third kappa shape index (κ3) is 5.08. The zero-order chi connectivity index (χ0) is 27.5. The quantitative estimate of drug-likeness (QED) is 0.279. The second-order valence-corrected chi connectivity index (χ2v) is 9.95. The van der Waals surface area contributed by atoms with Gasteiger partial charge in [-0.05, 0) is 48.2 Å². The zero-order valence-electron chi connectivity index (χ0n) is 21.6. The molecular weight excluding hydrogens is 526 g/mol. The molecule has 0 saturated heterocycles. The van der Waals surface area contributed by atoms with E-state index < -0.39 is 5.91 Å². The first-order valence-corrected chi connectivity index (χ1v) is 13.4. The van der Waals surface area contributed by atoms with E-state index >= 15 is 0 Å². The molecule has 4 aromatic rings. The summed E-state index contributed by atoms with van der Waals surface area (Å²) in [6, 6.07) is 24.9. The van der Waals surface area contributed by atoms with Gasteiger partial charge < -0.3 is 18.8 Å². The van der Waals surface area contributed by atoms with Crippen LogP contribution in [0.15, 0.2) is 101 Å².